The Morgan fingerprint density at radius 2 is 1.72 bits per heavy atom. The van der Waals surface area contributed by atoms with Gasteiger partial charge in [0.05, 0.1) is 17.3 Å². The molecule has 0 heterocycles. The maximum Gasteiger partial charge on any atom is 0.119 e. The first-order chi connectivity index (χ1) is 8.70. The van der Waals surface area contributed by atoms with Crippen LogP contribution in [0.1, 0.15) is 13.3 Å². The predicted octanol–water partition coefficient (Wildman–Crippen LogP) is 4.38. The molecule has 2 rings (SSSR count). The van der Waals surface area contributed by atoms with Crippen LogP contribution in [0, 0.1) is 0 Å². The molecule has 0 aliphatic rings. The van der Waals surface area contributed by atoms with Crippen LogP contribution in [0.15, 0.2) is 42.5 Å². The Balaban J connectivity index is 2.20. The standard InChI is InChI=1S/C15H16ClNO/c1-2-9-18-13-6-3-11(4-7-13)12-5-8-15(17)14(16)10-12/h3-8,10H,2,9,17H2,1H3. The zero-order valence-electron chi connectivity index (χ0n) is 10.3. The number of halogens is 1. The summed E-state index contributed by atoms with van der Waals surface area (Å²) in [7, 11) is 0. The Kier molecular flexibility index (Phi) is 4.11. The molecule has 0 amide bonds. The van der Waals surface area contributed by atoms with E-state index >= 15 is 0 Å². The molecule has 94 valence electrons. The van der Waals surface area contributed by atoms with Crippen molar-refractivity contribution in [3.63, 3.8) is 0 Å². The van der Waals surface area contributed by atoms with Gasteiger partial charge in [-0.25, -0.2) is 0 Å². The molecule has 2 N–H and O–H groups in total. The SMILES string of the molecule is CCCOc1ccc(-c2ccc(N)c(Cl)c2)cc1. The van der Waals surface area contributed by atoms with Crippen molar-refractivity contribution in [2.24, 2.45) is 0 Å². The highest BCUT2D eigenvalue weighted by atomic mass is 35.5. The van der Waals surface area contributed by atoms with Gasteiger partial charge in [0.2, 0.25) is 0 Å². The van der Waals surface area contributed by atoms with Gasteiger partial charge in [-0.05, 0) is 41.8 Å². The molecule has 0 saturated carbocycles. The average molecular weight is 262 g/mol. The minimum Gasteiger partial charge on any atom is -0.494 e. The largest absolute Gasteiger partial charge is 0.494 e. The fourth-order valence-electron chi connectivity index (χ4n) is 1.67. The van der Waals surface area contributed by atoms with E-state index in [9.17, 15) is 0 Å². The maximum atomic E-state index is 6.01. The van der Waals surface area contributed by atoms with Gasteiger partial charge in [-0.1, -0.05) is 36.7 Å². The van der Waals surface area contributed by atoms with Gasteiger partial charge in [-0.3, -0.25) is 0 Å². The highest BCUT2D eigenvalue weighted by molar-refractivity contribution is 6.33. The lowest BCUT2D eigenvalue weighted by Gasteiger charge is -2.07. The number of nitrogens with two attached hydrogens (primary N) is 1. The Morgan fingerprint density at radius 1 is 1.06 bits per heavy atom. The number of benzene rings is 2. The van der Waals surface area contributed by atoms with Gasteiger partial charge in [0, 0.05) is 0 Å². The van der Waals surface area contributed by atoms with Crippen LogP contribution < -0.4 is 10.5 Å². The summed E-state index contributed by atoms with van der Waals surface area (Å²) < 4.78 is 5.54. The van der Waals surface area contributed by atoms with Crippen LogP contribution in [-0.2, 0) is 0 Å². The van der Waals surface area contributed by atoms with Crippen LogP contribution in [-0.4, -0.2) is 6.61 Å². The summed E-state index contributed by atoms with van der Waals surface area (Å²) in [6.45, 7) is 2.83. The summed E-state index contributed by atoms with van der Waals surface area (Å²) in [5.74, 6) is 0.891. The van der Waals surface area contributed by atoms with E-state index in [0.717, 1.165) is 29.9 Å². The van der Waals surface area contributed by atoms with Gasteiger partial charge in [0.15, 0.2) is 0 Å². The van der Waals surface area contributed by atoms with Crippen molar-refractivity contribution < 1.29 is 4.74 Å². The van der Waals surface area contributed by atoms with Gasteiger partial charge in [-0.15, -0.1) is 0 Å². The Labute approximate surface area is 112 Å². The summed E-state index contributed by atoms with van der Waals surface area (Å²) in [6.07, 6.45) is 1.01. The first-order valence-corrected chi connectivity index (χ1v) is 6.36. The first kappa shape index (κ1) is 12.8. The third-order valence-corrected chi connectivity index (χ3v) is 2.99. The monoisotopic (exact) mass is 261 g/mol. The number of anilines is 1. The van der Waals surface area contributed by atoms with E-state index in [-0.39, 0.29) is 0 Å². The predicted molar refractivity (Wildman–Crippen MR) is 77.1 cm³/mol. The second-order valence-corrected chi connectivity index (χ2v) is 4.52. The van der Waals surface area contributed by atoms with E-state index < -0.39 is 0 Å². The molecule has 0 unspecified atom stereocenters. The van der Waals surface area contributed by atoms with Crippen molar-refractivity contribution in [2.45, 2.75) is 13.3 Å². The average Bonchev–Trinajstić information content (AvgIpc) is 2.40. The van der Waals surface area contributed by atoms with Crippen molar-refractivity contribution in [3.05, 3.63) is 47.5 Å². The maximum absolute atomic E-state index is 6.01. The van der Waals surface area contributed by atoms with E-state index in [4.69, 9.17) is 22.1 Å². The van der Waals surface area contributed by atoms with Gasteiger partial charge < -0.3 is 10.5 Å². The Bertz CT molecular complexity index is 523. The Morgan fingerprint density at radius 3 is 2.33 bits per heavy atom. The molecule has 2 nitrogen and oxygen atoms in total. The zero-order chi connectivity index (χ0) is 13.0. The molecule has 0 fully saturated rings. The van der Waals surface area contributed by atoms with Crippen LogP contribution in [0.25, 0.3) is 11.1 Å². The molecule has 0 aromatic heterocycles. The molecule has 2 aromatic rings. The van der Waals surface area contributed by atoms with E-state index in [1.807, 2.05) is 42.5 Å². The van der Waals surface area contributed by atoms with Crippen molar-refractivity contribution >= 4 is 17.3 Å². The third kappa shape index (κ3) is 2.96. The summed E-state index contributed by atoms with van der Waals surface area (Å²) in [5.41, 5.74) is 8.44. The molecule has 18 heavy (non-hydrogen) atoms. The van der Waals surface area contributed by atoms with Crippen LogP contribution in [0.4, 0.5) is 5.69 Å². The molecule has 0 saturated heterocycles. The third-order valence-electron chi connectivity index (χ3n) is 2.66. The Hall–Kier alpha value is -1.67. The van der Waals surface area contributed by atoms with Crippen LogP contribution in [0.5, 0.6) is 5.75 Å². The van der Waals surface area contributed by atoms with Crippen molar-refractivity contribution in [2.75, 3.05) is 12.3 Å². The highest BCUT2D eigenvalue weighted by Crippen LogP contribution is 2.28. The minimum atomic E-state index is 0.582. The van der Waals surface area contributed by atoms with E-state index in [1.54, 1.807) is 0 Å². The fourth-order valence-corrected chi connectivity index (χ4v) is 1.85. The lowest BCUT2D eigenvalue weighted by Crippen LogP contribution is -1.94. The molecule has 0 aliphatic carbocycles. The molecular formula is C15H16ClNO. The summed E-state index contributed by atoms with van der Waals surface area (Å²) in [4.78, 5) is 0. The van der Waals surface area contributed by atoms with E-state index in [2.05, 4.69) is 6.92 Å². The topological polar surface area (TPSA) is 35.2 Å². The minimum absolute atomic E-state index is 0.582. The first-order valence-electron chi connectivity index (χ1n) is 5.99. The number of hydrogen-bond donors (Lipinski definition) is 1. The van der Waals surface area contributed by atoms with Crippen molar-refractivity contribution in [1.29, 1.82) is 0 Å². The molecule has 0 spiro atoms. The van der Waals surface area contributed by atoms with Gasteiger partial charge in [0.1, 0.15) is 5.75 Å². The van der Waals surface area contributed by atoms with Gasteiger partial charge in [0.25, 0.3) is 0 Å². The zero-order valence-corrected chi connectivity index (χ0v) is 11.1. The summed E-state index contributed by atoms with van der Waals surface area (Å²) in [5, 5.41) is 0.582. The summed E-state index contributed by atoms with van der Waals surface area (Å²) >= 11 is 6.01. The molecule has 0 atom stereocenters. The quantitative estimate of drug-likeness (QED) is 0.829. The number of ether oxygens (including phenoxy) is 1. The van der Waals surface area contributed by atoms with Gasteiger partial charge in [-0.2, -0.15) is 0 Å². The normalized spacial score (nSPS) is 10.3. The smallest absolute Gasteiger partial charge is 0.119 e. The molecule has 2 aromatic carbocycles. The molecule has 0 bridgehead atoms. The van der Waals surface area contributed by atoms with Crippen LogP contribution in [0.3, 0.4) is 0 Å². The summed E-state index contributed by atoms with van der Waals surface area (Å²) in [6, 6.07) is 13.6. The van der Waals surface area contributed by atoms with Crippen molar-refractivity contribution in [3.8, 4) is 16.9 Å². The molecule has 0 aliphatic heterocycles. The highest BCUT2D eigenvalue weighted by Gasteiger charge is 2.02. The van der Waals surface area contributed by atoms with Crippen LogP contribution in [0.2, 0.25) is 5.02 Å². The number of hydrogen-bond acceptors (Lipinski definition) is 2. The number of rotatable bonds is 4. The van der Waals surface area contributed by atoms with Crippen LogP contribution >= 0.6 is 11.6 Å². The van der Waals surface area contributed by atoms with E-state index in [0.29, 0.717) is 10.7 Å². The second kappa shape index (κ2) is 5.78. The number of nitrogen functional groups attached to an aromatic ring is 1. The fraction of sp³-hybridized carbons (Fsp3) is 0.200. The lowest BCUT2D eigenvalue weighted by molar-refractivity contribution is 0.317. The molecule has 0 radical (unpaired) electrons. The lowest BCUT2D eigenvalue weighted by atomic mass is 10.1. The molecule has 3 heteroatoms. The molecular weight excluding hydrogens is 246 g/mol. The van der Waals surface area contributed by atoms with Crippen molar-refractivity contribution in [1.82, 2.24) is 0 Å². The second-order valence-electron chi connectivity index (χ2n) is 4.11. The van der Waals surface area contributed by atoms with Gasteiger partial charge >= 0.3 is 0 Å². The van der Waals surface area contributed by atoms with E-state index in [1.165, 1.54) is 0 Å².